The van der Waals surface area contributed by atoms with Crippen molar-refractivity contribution >= 4 is 52.4 Å². The number of carbonyl (C=O) groups excluding carboxylic acids is 1. The number of halogens is 2. The highest BCUT2D eigenvalue weighted by atomic mass is 35.5. The van der Waals surface area contributed by atoms with E-state index in [-0.39, 0.29) is 36.8 Å². The van der Waals surface area contributed by atoms with Gasteiger partial charge in [-0.05, 0) is 48.3 Å². The van der Waals surface area contributed by atoms with Crippen molar-refractivity contribution in [2.45, 2.75) is 19.4 Å². The zero-order chi connectivity index (χ0) is 16.5. The number of hydrogen-bond acceptors (Lipinski definition) is 3. The zero-order valence-corrected chi connectivity index (χ0v) is 16.2. The summed E-state index contributed by atoms with van der Waals surface area (Å²) in [5.74, 6) is 0.408. The molecule has 0 radical (unpaired) electrons. The van der Waals surface area contributed by atoms with Gasteiger partial charge in [-0.25, -0.2) is 0 Å². The van der Waals surface area contributed by atoms with Gasteiger partial charge in [0.1, 0.15) is 0 Å². The van der Waals surface area contributed by atoms with Crippen LogP contribution in [0.5, 0.6) is 0 Å². The smallest absolute Gasteiger partial charge is 0.253 e. The molecule has 4 rings (SSSR count). The van der Waals surface area contributed by atoms with Gasteiger partial charge in [-0.1, -0.05) is 37.3 Å². The molecule has 4 nitrogen and oxygen atoms in total. The van der Waals surface area contributed by atoms with Crippen LogP contribution in [-0.2, 0) is 0 Å². The lowest BCUT2D eigenvalue weighted by molar-refractivity contribution is 0.0916. The predicted octanol–water partition coefficient (Wildman–Crippen LogP) is 3.96. The number of rotatable bonds is 2. The first-order valence-electron chi connectivity index (χ1n) is 8.52. The van der Waals surface area contributed by atoms with E-state index in [0.717, 1.165) is 41.2 Å². The largest absolute Gasteiger partial charge is 0.349 e. The van der Waals surface area contributed by atoms with Crippen LogP contribution in [0.25, 0.3) is 21.7 Å². The average molecular weight is 392 g/mol. The number of fused-ring (bicyclic) bond motifs is 3. The van der Waals surface area contributed by atoms with Gasteiger partial charge in [-0.2, -0.15) is 0 Å². The summed E-state index contributed by atoms with van der Waals surface area (Å²) in [5, 5.41) is 9.82. The third kappa shape index (κ3) is 3.78. The summed E-state index contributed by atoms with van der Waals surface area (Å²) in [7, 11) is 0. The summed E-state index contributed by atoms with van der Waals surface area (Å²) in [6.07, 6.45) is 2.72. The maximum Gasteiger partial charge on any atom is 0.253 e. The lowest BCUT2D eigenvalue weighted by Gasteiger charge is -2.30. The van der Waals surface area contributed by atoms with Crippen molar-refractivity contribution in [3.05, 3.63) is 54.2 Å². The fourth-order valence-corrected chi connectivity index (χ4v) is 3.58. The highest BCUT2D eigenvalue weighted by Crippen LogP contribution is 2.27. The van der Waals surface area contributed by atoms with Gasteiger partial charge in [0.2, 0.25) is 0 Å². The number of benzene rings is 2. The highest BCUT2D eigenvalue weighted by Gasteiger charge is 2.24. The fourth-order valence-electron chi connectivity index (χ4n) is 3.58. The lowest BCUT2D eigenvalue weighted by Crippen LogP contribution is -2.48. The highest BCUT2D eigenvalue weighted by molar-refractivity contribution is 6.15. The van der Waals surface area contributed by atoms with E-state index in [1.165, 1.54) is 0 Å². The SMILES string of the molecule is CC1CNCCC1NC(=O)c1cc2ccccc2c2cccnc12.Cl.Cl. The maximum absolute atomic E-state index is 12.9. The second-order valence-electron chi connectivity index (χ2n) is 6.59. The number of pyridine rings is 1. The van der Waals surface area contributed by atoms with Crippen LogP contribution in [0.15, 0.2) is 48.7 Å². The van der Waals surface area contributed by atoms with E-state index in [0.29, 0.717) is 11.5 Å². The first-order valence-corrected chi connectivity index (χ1v) is 8.52. The molecule has 3 aromatic rings. The second-order valence-corrected chi connectivity index (χ2v) is 6.59. The van der Waals surface area contributed by atoms with Crippen LogP contribution in [0.4, 0.5) is 0 Å². The van der Waals surface area contributed by atoms with E-state index in [9.17, 15) is 4.79 Å². The normalized spacial score (nSPS) is 19.4. The number of nitrogens with zero attached hydrogens (tertiary/aromatic N) is 1. The molecule has 1 aromatic heterocycles. The van der Waals surface area contributed by atoms with Crippen LogP contribution in [0.1, 0.15) is 23.7 Å². The predicted molar refractivity (Wildman–Crippen MR) is 112 cm³/mol. The van der Waals surface area contributed by atoms with E-state index < -0.39 is 0 Å². The van der Waals surface area contributed by atoms with E-state index >= 15 is 0 Å². The van der Waals surface area contributed by atoms with Crippen LogP contribution in [0.2, 0.25) is 0 Å². The minimum atomic E-state index is -0.0248. The number of aromatic nitrogens is 1. The molecule has 2 N–H and O–H groups in total. The number of carbonyl (C=O) groups is 1. The van der Waals surface area contributed by atoms with Crippen LogP contribution in [0.3, 0.4) is 0 Å². The van der Waals surface area contributed by atoms with Crippen molar-refractivity contribution in [2.75, 3.05) is 13.1 Å². The van der Waals surface area contributed by atoms with Gasteiger partial charge in [0.15, 0.2) is 0 Å². The van der Waals surface area contributed by atoms with Crippen LogP contribution in [0, 0.1) is 5.92 Å². The summed E-state index contributed by atoms with van der Waals surface area (Å²) in [6, 6.07) is 14.3. The molecule has 2 unspecified atom stereocenters. The summed E-state index contributed by atoms with van der Waals surface area (Å²) in [5.41, 5.74) is 1.44. The van der Waals surface area contributed by atoms with Crippen molar-refractivity contribution in [1.82, 2.24) is 15.6 Å². The third-order valence-electron chi connectivity index (χ3n) is 4.96. The molecule has 2 heterocycles. The Hall–Kier alpha value is -1.88. The molecule has 26 heavy (non-hydrogen) atoms. The molecule has 0 saturated carbocycles. The molecule has 1 saturated heterocycles. The lowest BCUT2D eigenvalue weighted by atomic mass is 9.94. The fraction of sp³-hybridized carbons (Fsp3) is 0.300. The Morgan fingerprint density at radius 1 is 1.15 bits per heavy atom. The number of nitrogens with one attached hydrogen (secondary N) is 2. The topological polar surface area (TPSA) is 54.0 Å². The van der Waals surface area contributed by atoms with Crippen molar-refractivity contribution in [1.29, 1.82) is 0 Å². The Labute approximate surface area is 165 Å². The molecule has 1 amide bonds. The molecule has 0 aliphatic carbocycles. The third-order valence-corrected chi connectivity index (χ3v) is 4.96. The monoisotopic (exact) mass is 391 g/mol. The van der Waals surface area contributed by atoms with E-state index in [2.05, 4.69) is 28.6 Å². The Balaban J connectivity index is 0.00000121. The van der Waals surface area contributed by atoms with Crippen molar-refractivity contribution in [3.63, 3.8) is 0 Å². The molecule has 2 atom stereocenters. The van der Waals surface area contributed by atoms with Gasteiger partial charge in [0.25, 0.3) is 5.91 Å². The Morgan fingerprint density at radius 2 is 1.92 bits per heavy atom. The Bertz CT molecular complexity index is 916. The molecular formula is C20H23Cl2N3O. The van der Waals surface area contributed by atoms with Crippen molar-refractivity contribution < 1.29 is 4.79 Å². The minimum absolute atomic E-state index is 0. The average Bonchev–Trinajstić information content (AvgIpc) is 2.63. The van der Waals surface area contributed by atoms with Crippen molar-refractivity contribution in [2.24, 2.45) is 5.92 Å². The van der Waals surface area contributed by atoms with Gasteiger partial charge in [-0.15, -0.1) is 24.8 Å². The first kappa shape index (κ1) is 20.4. The number of hydrogen-bond donors (Lipinski definition) is 2. The molecular weight excluding hydrogens is 369 g/mol. The first-order chi connectivity index (χ1) is 11.7. The van der Waals surface area contributed by atoms with Crippen LogP contribution >= 0.6 is 24.8 Å². The number of piperidine rings is 1. The Morgan fingerprint density at radius 3 is 2.73 bits per heavy atom. The number of amides is 1. The zero-order valence-electron chi connectivity index (χ0n) is 14.6. The quantitative estimate of drug-likeness (QED) is 0.650. The van der Waals surface area contributed by atoms with E-state index in [1.807, 2.05) is 36.4 Å². The van der Waals surface area contributed by atoms with E-state index in [4.69, 9.17) is 0 Å². The molecule has 138 valence electrons. The molecule has 6 heteroatoms. The summed E-state index contributed by atoms with van der Waals surface area (Å²) in [6.45, 7) is 4.07. The molecule has 2 aromatic carbocycles. The van der Waals surface area contributed by atoms with Gasteiger partial charge in [0.05, 0.1) is 11.1 Å². The molecule has 0 bridgehead atoms. The summed E-state index contributed by atoms with van der Waals surface area (Å²) in [4.78, 5) is 17.4. The van der Waals surface area contributed by atoms with Crippen LogP contribution < -0.4 is 10.6 Å². The van der Waals surface area contributed by atoms with Crippen LogP contribution in [-0.4, -0.2) is 30.0 Å². The molecule has 1 aliphatic rings. The van der Waals surface area contributed by atoms with Gasteiger partial charge >= 0.3 is 0 Å². The van der Waals surface area contributed by atoms with Gasteiger partial charge in [0, 0.05) is 17.6 Å². The van der Waals surface area contributed by atoms with Gasteiger partial charge in [-0.3, -0.25) is 9.78 Å². The maximum atomic E-state index is 12.9. The second kappa shape index (κ2) is 8.67. The van der Waals surface area contributed by atoms with Gasteiger partial charge < -0.3 is 10.6 Å². The summed E-state index contributed by atoms with van der Waals surface area (Å²) >= 11 is 0. The molecule has 1 fully saturated rings. The standard InChI is InChI=1S/C20H21N3O.2ClH/c1-13-12-21-10-8-18(13)23-20(24)17-11-14-5-2-3-6-15(14)16-7-4-9-22-19(16)17;;/h2-7,9,11,13,18,21H,8,10,12H2,1H3,(H,23,24);2*1H. The van der Waals surface area contributed by atoms with Crippen molar-refractivity contribution in [3.8, 4) is 0 Å². The molecule has 0 spiro atoms. The minimum Gasteiger partial charge on any atom is -0.349 e. The van der Waals surface area contributed by atoms with E-state index in [1.54, 1.807) is 6.20 Å². The summed E-state index contributed by atoms with van der Waals surface area (Å²) < 4.78 is 0. The Kier molecular flexibility index (Phi) is 6.81. The molecule has 1 aliphatic heterocycles.